The number of hydrogen-bond donors (Lipinski definition) is 0. The van der Waals surface area contributed by atoms with Gasteiger partial charge in [0.2, 0.25) is 0 Å². The van der Waals surface area contributed by atoms with Gasteiger partial charge in [-0.25, -0.2) is 0 Å². The summed E-state index contributed by atoms with van der Waals surface area (Å²) in [6, 6.07) is 47.3. The highest BCUT2D eigenvalue weighted by atomic mass is 79.9. The summed E-state index contributed by atoms with van der Waals surface area (Å²) in [7, 11) is 0. The van der Waals surface area contributed by atoms with Crippen molar-refractivity contribution in [3.63, 3.8) is 0 Å². The molecule has 0 atom stereocenters. The molecule has 0 aliphatic carbocycles. The second-order valence-electron chi connectivity index (χ2n) is 9.93. The Morgan fingerprint density at radius 3 is 2.00 bits per heavy atom. The third-order valence-corrected chi connectivity index (χ3v) is 9.63. The fraction of sp³-hybridized carbons (Fsp3) is 0. The highest BCUT2D eigenvalue weighted by molar-refractivity contribution is 9.10. The summed E-state index contributed by atoms with van der Waals surface area (Å²) in [4.78, 5) is 2.34. The molecule has 0 unspecified atom stereocenters. The minimum absolute atomic E-state index is 0.893. The monoisotopic (exact) mass is 595 g/mol. The third kappa shape index (κ3) is 3.83. The van der Waals surface area contributed by atoms with E-state index < -0.39 is 0 Å². The van der Waals surface area contributed by atoms with E-state index in [1.807, 2.05) is 23.5 Å². The second kappa shape index (κ2) is 9.37. The van der Waals surface area contributed by atoms with Crippen LogP contribution in [-0.2, 0) is 0 Å². The molecule has 0 fully saturated rings. The molecular weight excluding hydrogens is 574 g/mol. The molecule has 2 nitrogen and oxygen atoms in total. The van der Waals surface area contributed by atoms with E-state index in [2.05, 4.69) is 142 Å². The molecule has 8 aromatic rings. The third-order valence-electron chi connectivity index (χ3n) is 7.53. The molecule has 0 radical (unpaired) electrons. The zero-order valence-electron chi connectivity index (χ0n) is 21.3. The van der Waals surface area contributed by atoms with Crippen LogP contribution in [0.2, 0.25) is 0 Å². The molecule has 6 aromatic carbocycles. The van der Waals surface area contributed by atoms with Crippen LogP contribution in [0.3, 0.4) is 0 Å². The number of anilines is 3. The summed E-state index contributed by atoms with van der Waals surface area (Å²) in [5.74, 6) is 0. The van der Waals surface area contributed by atoms with E-state index >= 15 is 0 Å². The average Bonchev–Trinajstić information content (AvgIpc) is 3.57. The van der Waals surface area contributed by atoms with E-state index in [9.17, 15) is 0 Å². The minimum Gasteiger partial charge on any atom is -0.456 e. The van der Waals surface area contributed by atoms with E-state index in [0.29, 0.717) is 0 Å². The number of fused-ring (bicyclic) bond motifs is 6. The van der Waals surface area contributed by atoms with Crippen molar-refractivity contribution in [1.29, 1.82) is 0 Å². The minimum atomic E-state index is 0.893. The summed E-state index contributed by atoms with van der Waals surface area (Å²) in [6.45, 7) is 0. The maximum Gasteiger partial charge on any atom is 0.135 e. The summed E-state index contributed by atoms with van der Waals surface area (Å²) < 4.78 is 9.81. The van der Waals surface area contributed by atoms with E-state index in [4.69, 9.17) is 4.42 Å². The summed E-state index contributed by atoms with van der Waals surface area (Å²) >= 11 is 5.74. The van der Waals surface area contributed by atoms with Crippen LogP contribution in [0.4, 0.5) is 17.1 Å². The Labute approximate surface area is 243 Å². The van der Waals surface area contributed by atoms with Crippen LogP contribution in [-0.4, -0.2) is 0 Å². The molecule has 2 heterocycles. The number of para-hydroxylation sites is 1. The Balaban J connectivity index is 1.35. The first-order chi connectivity index (χ1) is 19.7. The van der Waals surface area contributed by atoms with Crippen molar-refractivity contribution >= 4 is 86.4 Å². The molecule has 0 aliphatic rings. The highest BCUT2D eigenvalue weighted by Gasteiger charge is 2.18. The van der Waals surface area contributed by atoms with Gasteiger partial charge >= 0.3 is 0 Å². The van der Waals surface area contributed by atoms with Crippen molar-refractivity contribution in [2.45, 2.75) is 0 Å². The lowest BCUT2D eigenvalue weighted by Crippen LogP contribution is -2.10. The second-order valence-corrected chi connectivity index (χ2v) is 11.8. The SMILES string of the molecule is Brc1cc(N(c2ccc(-c3ccccc3)cc2)c2ccc3oc4ccccc4c3c2)cc2c1sc1ccccc12. The average molecular weight is 597 g/mol. The molecule has 0 saturated heterocycles. The lowest BCUT2D eigenvalue weighted by molar-refractivity contribution is 0.669. The van der Waals surface area contributed by atoms with Gasteiger partial charge in [0.1, 0.15) is 11.2 Å². The van der Waals surface area contributed by atoms with E-state index in [0.717, 1.165) is 43.5 Å². The van der Waals surface area contributed by atoms with Crippen LogP contribution in [0.5, 0.6) is 0 Å². The van der Waals surface area contributed by atoms with Gasteiger partial charge in [0.25, 0.3) is 0 Å². The molecule has 190 valence electrons. The molecule has 0 amide bonds. The predicted molar refractivity (Wildman–Crippen MR) is 174 cm³/mol. The number of furan rings is 1. The number of benzene rings is 6. The van der Waals surface area contributed by atoms with Gasteiger partial charge in [0.15, 0.2) is 0 Å². The fourth-order valence-corrected chi connectivity index (χ4v) is 7.41. The molecule has 0 saturated carbocycles. The van der Waals surface area contributed by atoms with Crippen molar-refractivity contribution in [1.82, 2.24) is 0 Å². The molecule has 4 heteroatoms. The van der Waals surface area contributed by atoms with Gasteiger partial charge in [-0.15, -0.1) is 11.3 Å². The number of hydrogen-bond acceptors (Lipinski definition) is 3. The summed E-state index contributed by atoms with van der Waals surface area (Å²) in [5, 5.41) is 4.77. The van der Waals surface area contributed by atoms with Crippen molar-refractivity contribution in [2.75, 3.05) is 4.90 Å². The van der Waals surface area contributed by atoms with Gasteiger partial charge in [-0.3, -0.25) is 0 Å². The molecule has 8 rings (SSSR count). The number of nitrogens with zero attached hydrogens (tertiary/aromatic N) is 1. The predicted octanol–water partition coefficient (Wildman–Crippen LogP) is 11.9. The zero-order valence-corrected chi connectivity index (χ0v) is 23.7. The number of thiophene rings is 1. The molecule has 40 heavy (non-hydrogen) atoms. The topological polar surface area (TPSA) is 16.4 Å². The zero-order chi connectivity index (χ0) is 26.6. The first-order valence-electron chi connectivity index (χ1n) is 13.2. The van der Waals surface area contributed by atoms with Gasteiger partial charge in [0.05, 0.1) is 0 Å². The van der Waals surface area contributed by atoms with E-state index in [-0.39, 0.29) is 0 Å². The van der Waals surface area contributed by atoms with Crippen LogP contribution in [0, 0.1) is 0 Å². The largest absolute Gasteiger partial charge is 0.456 e. The quantitative estimate of drug-likeness (QED) is 0.201. The van der Waals surface area contributed by atoms with Crippen LogP contribution < -0.4 is 4.90 Å². The van der Waals surface area contributed by atoms with Gasteiger partial charge in [-0.2, -0.15) is 0 Å². The Hall–Kier alpha value is -4.38. The molecular formula is C36H22BrNOS. The van der Waals surface area contributed by atoms with Crippen molar-refractivity contribution < 1.29 is 4.42 Å². The smallest absolute Gasteiger partial charge is 0.135 e. The van der Waals surface area contributed by atoms with Gasteiger partial charge in [-0.1, -0.05) is 78.9 Å². The van der Waals surface area contributed by atoms with E-state index in [1.165, 1.54) is 31.3 Å². The normalized spacial score (nSPS) is 11.6. The number of rotatable bonds is 4. The first kappa shape index (κ1) is 23.5. The van der Waals surface area contributed by atoms with Crippen LogP contribution in [0.15, 0.2) is 142 Å². The van der Waals surface area contributed by atoms with Gasteiger partial charge < -0.3 is 9.32 Å². The fourth-order valence-electron chi connectivity index (χ4n) is 5.63. The molecule has 0 N–H and O–H groups in total. The lowest BCUT2D eigenvalue weighted by Gasteiger charge is -2.26. The van der Waals surface area contributed by atoms with Crippen LogP contribution >= 0.6 is 27.3 Å². The first-order valence-corrected chi connectivity index (χ1v) is 14.8. The van der Waals surface area contributed by atoms with Crippen LogP contribution in [0.1, 0.15) is 0 Å². The van der Waals surface area contributed by atoms with Crippen molar-refractivity contribution in [3.8, 4) is 11.1 Å². The Bertz CT molecular complexity index is 2180. The van der Waals surface area contributed by atoms with Crippen molar-refractivity contribution in [2.24, 2.45) is 0 Å². The maximum atomic E-state index is 6.15. The van der Waals surface area contributed by atoms with Crippen LogP contribution in [0.25, 0.3) is 53.2 Å². The standard InChI is InChI=1S/C36H22BrNOS/c37-32-22-27(21-31-29-11-5-7-13-35(29)40-36(31)32)38(25-16-14-24(15-17-25)23-8-2-1-3-9-23)26-18-19-34-30(20-26)28-10-4-6-12-33(28)39-34/h1-22H. The van der Waals surface area contributed by atoms with Crippen molar-refractivity contribution in [3.05, 3.63) is 138 Å². The molecule has 2 aromatic heterocycles. The van der Waals surface area contributed by atoms with Gasteiger partial charge in [-0.05, 0) is 81.7 Å². The maximum absolute atomic E-state index is 6.15. The Kier molecular flexibility index (Phi) is 5.51. The summed E-state index contributed by atoms with van der Waals surface area (Å²) in [5.41, 5.74) is 7.48. The molecule has 0 bridgehead atoms. The molecule has 0 aliphatic heterocycles. The number of halogens is 1. The Morgan fingerprint density at radius 2 is 1.15 bits per heavy atom. The highest BCUT2D eigenvalue weighted by Crippen LogP contribution is 2.45. The molecule has 0 spiro atoms. The van der Waals surface area contributed by atoms with Gasteiger partial charge in [0, 0.05) is 52.5 Å². The summed E-state index contributed by atoms with van der Waals surface area (Å²) in [6.07, 6.45) is 0. The Morgan fingerprint density at radius 1 is 0.500 bits per heavy atom. The lowest BCUT2D eigenvalue weighted by atomic mass is 10.0. The van der Waals surface area contributed by atoms with E-state index in [1.54, 1.807) is 0 Å².